The van der Waals surface area contributed by atoms with Crippen LogP contribution in [0.4, 0.5) is 16.2 Å². The first-order chi connectivity index (χ1) is 11.7. The predicted octanol–water partition coefficient (Wildman–Crippen LogP) is 4.19. The second kappa shape index (κ2) is 7.31. The number of rotatable bonds is 6. The lowest BCUT2D eigenvalue weighted by molar-refractivity contribution is 0.102. The Bertz CT molecular complexity index is 748. The molecule has 0 saturated heterocycles. The van der Waals surface area contributed by atoms with Crippen molar-refractivity contribution in [2.45, 2.75) is 18.8 Å². The minimum Gasteiger partial charge on any atom is -0.334 e. The van der Waals surface area contributed by atoms with Gasteiger partial charge in [0, 0.05) is 17.9 Å². The van der Waals surface area contributed by atoms with Gasteiger partial charge < -0.3 is 16.0 Å². The van der Waals surface area contributed by atoms with Crippen LogP contribution in [0.1, 0.15) is 34.0 Å². The molecule has 2 aromatic rings. The van der Waals surface area contributed by atoms with Crippen LogP contribution >= 0.6 is 11.3 Å². The molecule has 0 aliphatic heterocycles. The molecule has 3 N–H and O–H groups in total. The smallest absolute Gasteiger partial charge is 0.319 e. The van der Waals surface area contributed by atoms with Crippen molar-refractivity contribution < 1.29 is 9.59 Å². The summed E-state index contributed by atoms with van der Waals surface area (Å²) in [4.78, 5) is 24.8. The molecule has 1 aliphatic carbocycles. The molecule has 1 aromatic carbocycles. The van der Waals surface area contributed by atoms with Crippen molar-refractivity contribution in [3.8, 4) is 0 Å². The Balaban J connectivity index is 1.59. The van der Waals surface area contributed by atoms with Crippen LogP contribution in [0.25, 0.3) is 0 Å². The standard InChI is InChI=1S/C18H19N3O2S/c1-2-10-19-18(23)21-14-7-5-13(6-8-14)20-17(22)16-15(9-11-24-16)12-3-4-12/h2,5-9,11-12H,1,3-4,10H2,(H,20,22)(H2,19,21,23). The Morgan fingerprint density at radius 1 is 1.12 bits per heavy atom. The average molecular weight is 341 g/mol. The van der Waals surface area contributed by atoms with Crippen molar-refractivity contribution >= 4 is 34.6 Å². The Labute approximate surface area is 144 Å². The highest BCUT2D eigenvalue weighted by Crippen LogP contribution is 2.43. The molecule has 1 aromatic heterocycles. The van der Waals surface area contributed by atoms with Gasteiger partial charge in [-0.25, -0.2) is 4.79 Å². The van der Waals surface area contributed by atoms with Gasteiger partial charge in [-0.05, 0) is 60.0 Å². The molecule has 124 valence electrons. The van der Waals surface area contributed by atoms with Gasteiger partial charge in [0.2, 0.25) is 0 Å². The SMILES string of the molecule is C=CCNC(=O)Nc1ccc(NC(=O)c2sccc2C2CC2)cc1. The summed E-state index contributed by atoms with van der Waals surface area (Å²) < 4.78 is 0. The number of carbonyl (C=O) groups is 2. The van der Waals surface area contributed by atoms with Crippen molar-refractivity contribution in [3.05, 3.63) is 58.8 Å². The third kappa shape index (κ3) is 4.02. The molecule has 0 bridgehead atoms. The van der Waals surface area contributed by atoms with Gasteiger partial charge in [-0.3, -0.25) is 4.79 Å². The van der Waals surface area contributed by atoms with Gasteiger partial charge in [-0.2, -0.15) is 0 Å². The number of thiophene rings is 1. The normalized spacial score (nSPS) is 13.2. The third-order valence-corrected chi connectivity index (χ3v) is 4.66. The van der Waals surface area contributed by atoms with E-state index in [0.29, 0.717) is 23.8 Å². The van der Waals surface area contributed by atoms with E-state index in [2.05, 4.69) is 22.5 Å². The first kappa shape index (κ1) is 16.3. The molecule has 3 amide bonds. The van der Waals surface area contributed by atoms with Gasteiger partial charge in [-0.15, -0.1) is 17.9 Å². The fraction of sp³-hybridized carbons (Fsp3) is 0.222. The second-order valence-electron chi connectivity index (χ2n) is 5.63. The Morgan fingerprint density at radius 3 is 2.42 bits per heavy atom. The van der Waals surface area contributed by atoms with Crippen LogP contribution in [-0.2, 0) is 0 Å². The average Bonchev–Trinajstić information content (AvgIpc) is 3.31. The monoisotopic (exact) mass is 341 g/mol. The molecule has 0 atom stereocenters. The van der Waals surface area contributed by atoms with Crippen molar-refractivity contribution in [2.75, 3.05) is 17.2 Å². The van der Waals surface area contributed by atoms with E-state index < -0.39 is 0 Å². The molecule has 1 fully saturated rings. The maximum absolute atomic E-state index is 12.4. The quantitative estimate of drug-likeness (QED) is 0.690. The van der Waals surface area contributed by atoms with E-state index in [-0.39, 0.29) is 11.9 Å². The molecule has 1 saturated carbocycles. The number of amides is 3. The zero-order valence-electron chi connectivity index (χ0n) is 13.2. The second-order valence-corrected chi connectivity index (χ2v) is 6.55. The predicted molar refractivity (Wildman–Crippen MR) is 97.9 cm³/mol. The van der Waals surface area contributed by atoms with Gasteiger partial charge in [0.1, 0.15) is 0 Å². The van der Waals surface area contributed by atoms with E-state index in [9.17, 15) is 9.59 Å². The Hall–Kier alpha value is -2.60. The zero-order chi connectivity index (χ0) is 16.9. The Morgan fingerprint density at radius 2 is 1.79 bits per heavy atom. The van der Waals surface area contributed by atoms with Crippen LogP contribution in [0.5, 0.6) is 0 Å². The molecule has 6 heteroatoms. The molecule has 24 heavy (non-hydrogen) atoms. The fourth-order valence-corrected chi connectivity index (χ4v) is 3.26. The summed E-state index contributed by atoms with van der Waals surface area (Å²) in [6.07, 6.45) is 3.95. The van der Waals surface area contributed by atoms with Crippen LogP contribution in [0.3, 0.4) is 0 Å². The van der Waals surface area contributed by atoms with E-state index in [1.54, 1.807) is 30.3 Å². The number of carbonyl (C=O) groups excluding carboxylic acids is 2. The molecule has 3 rings (SSSR count). The summed E-state index contributed by atoms with van der Waals surface area (Å²) in [6.45, 7) is 3.95. The van der Waals surface area contributed by atoms with E-state index >= 15 is 0 Å². The highest BCUT2D eigenvalue weighted by molar-refractivity contribution is 7.12. The van der Waals surface area contributed by atoms with E-state index in [1.165, 1.54) is 24.2 Å². The van der Waals surface area contributed by atoms with Gasteiger partial charge in [0.15, 0.2) is 0 Å². The zero-order valence-corrected chi connectivity index (χ0v) is 14.0. The number of anilines is 2. The summed E-state index contributed by atoms with van der Waals surface area (Å²) >= 11 is 1.48. The Kier molecular flexibility index (Phi) is 4.96. The third-order valence-electron chi connectivity index (χ3n) is 3.73. The maximum atomic E-state index is 12.4. The topological polar surface area (TPSA) is 70.2 Å². The highest BCUT2D eigenvalue weighted by Gasteiger charge is 2.28. The van der Waals surface area contributed by atoms with E-state index in [4.69, 9.17) is 0 Å². The summed E-state index contributed by atoms with van der Waals surface area (Å²) in [5.74, 6) is 0.481. The van der Waals surface area contributed by atoms with Crippen LogP contribution < -0.4 is 16.0 Å². The first-order valence-corrected chi connectivity index (χ1v) is 8.70. The lowest BCUT2D eigenvalue weighted by Crippen LogP contribution is -2.28. The van der Waals surface area contributed by atoms with E-state index in [0.717, 1.165) is 10.4 Å². The van der Waals surface area contributed by atoms with Crippen molar-refractivity contribution in [1.29, 1.82) is 0 Å². The van der Waals surface area contributed by atoms with E-state index in [1.807, 2.05) is 11.4 Å². The van der Waals surface area contributed by atoms with Gasteiger partial charge in [0.25, 0.3) is 5.91 Å². The van der Waals surface area contributed by atoms with Crippen LogP contribution in [0.2, 0.25) is 0 Å². The minimum atomic E-state index is -0.292. The summed E-state index contributed by atoms with van der Waals surface area (Å²) in [6, 6.07) is 8.79. The highest BCUT2D eigenvalue weighted by atomic mass is 32.1. The van der Waals surface area contributed by atoms with Crippen molar-refractivity contribution in [1.82, 2.24) is 5.32 Å². The largest absolute Gasteiger partial charge is 0.334 e. The number of urea groups is 1. The van der Waals surface area contributed by atoms with Crippen LogP contribution in [-0.4, -0.2) is 18.5 Å². The lowest BCUT2D eigenvalue weighted by Gasteiger charge is -2.08. The molecule has 1 aliphatic rings. The fourth-order valence-electron chi connectivity index (χ4n) is 2.38. The summed E-state index contributed by atoms with van der Waals surface area (Å²) in [7, 11) is 0. The lowest BCUT2D eigenvalue weighted by atomic mass is 10.1. The molecule has 0 spiro atoms. The molecule has 1 heterocycles. The molecular weight excluding hydrogens is 322 g/mol. The minimum absolute atomic E-state index is 0.0728. The van der Waals surface area contributed by atoms with Crippen molar-refractivity contribution in [2.24, 2.45) is 0 Å². The summed E-state index contributed by atoms with van der Waals surface area (Å²) in [5, 5.41) is 10.2. The molecule has 0 unspecified atom stereocenters. The van der Waals surface area contributed by atoms with Gasteiger partial charge in [0.05, 0.1) is 4.88 Å². The van der Waals surface area contributed by atoms with Gasteiger partial charge >= 0.3 is 6.03 Å². The first-order valence-electron chi connectivity index (χ1n) is 7.82. The molecular formula is C18H19N3O2S. The number of hydrogen-bond donors (Lipinski definition) is 3. The number of hydrogen-bond acceptors (Lipinski definition) is 3. The maximum Gasteiger partial charge on any atom is 0.319 e. The summed E-state index contributed by atoms with van der Waals surface area (Å²) in [5.41, 5.74) is 2.52. The molecule has 5 nitrogen and oxygen atoms in total. The number of benzene rings is 1. The van der Waals surface area contributed by atoms with Crippen molar-refractivity contribution in [3.63, 3.8) is 0 Å². The van der Waals surface area contributed by atoms with Gasteiger partial charge in [-0.1, -0.05) is 6.08 Å². The van der Waals surface area contributed by atoms with Crippen LogP contribution in [0.15, 0.2) is 48.4 Å². The number of nitrogens with one attached hydrogen (secondary N) is 3. The van der Waals surface area contributed by atoms with Crippen LogP contribution in [0, 0.1) is 0 Å². The molecule has 0 radical (unpaired) electrons.